The first kappa shape index (κ1) is 12.9. The fourth-order valence-corrected chi connectivity index (χ4v) is 2.16. The summed E-state index contributed by atoms with van der Waals surface area (Å²) >= 11 is 5.94. The second-order valence-electron chi connectivity index (χ2n) is 4.17. The van der Waals surface area contributed by atoms with Crippen LogP contribution in [-0.4, -0.2) is 31.8 Å². The van der Waals surface area contributed by atoms with E-state index in [-0.39, 0.29) is 5.88 Å². The van der Waals surface area contributed by atoms with Crippen molar-refractivity contribution < 1.29 is 9.26 Å². The van der Waals surface area contributed by atoms with Crippen molar-refractivity contribution in [1.29, 1.82) is 0 Å². The van der Waals surface area contributed by atoms with Crippen molar-refractivity contribution in [2.75, 3.05) is 7.11 Å². The average molecular weight is 294 g/mol. The molecule has 0 saturated heterocycles. The normalized spacial score (nSPS) is 11.2. The highest BCUT2D eigenvalue weighted by atomic mass is 35.5. The lowest BCUT2D eigenvalue weighted by atomic mass is 10.4. The molecule has 0 aromatic carbocycles. The van der Waals surface area contributed by atoms with Gasteiger partial charge in [0.25, 0.3) is 0 Å². The predicted molar refractivity (Wildman–Crippen MR) is 71.8 cm³/mol. The van der Waals surface area contributed by atoms with Gasteiger partial charge < -0.3 is 13.8 Å². The third-order valence-corrected chi connectivity index (χ3v) is 3.08. The number of nitrogens with zero attached hydrogens (tertiary/aromatic N) is 5. The number of imidazole rings is 1. The predicted octanol–water partition coefficient (Wildman–Crippen LogP) is 1.92. The number of methoxy groups -OCH3 is 1. The Kier molecular flexibility index (Phi) is 3.27. The molecule has 7 nitrogen and oxygen atoms in total. The number of halogens is 1. The average Bonchev–Trinajstić information content (AvgIpc) is 3.03. The number of pyridine rings is 1. The number of ether oxygens (including phenoxy) is 1. The highest BCUT2D eigenvalue weighted by molar-refractivity contribution is 6.16. The summed E-state index contributed by atoms with van der Waals surface area (Å²) in [6, 6.07) is 3.60. The van der Waals surface area contributed by atoms with Gasteiger partial charge in [-0.25, -0.2) is 4.98 Å². The molecule has 0 fully saturated rings. The van der Waals surface area contributed by atoms with Crippen LogP contribution in [0.2, 0.25) is 0 Å². The number of hydrogen-bond acceptors (Lipinski definition) is 6. The Bertz CT molecular complexity index is 751. The highest BCUT2D eigenvalue weighted by Gasteiger charge is 2.14. The van der Waals surface area contributed by atoms with Gasteiger partial charge in [-0.2, -0.15) is 9.97 Å². The van der Waals surface area contributed by atoms with E-state index in [4.69, 9.17) is 20.9 Å². The van der Waals surface area contributed by atoms with Crippen LogP contribution < -0.4 is 4.74 Å². The summed E-state index contributed by atoms with van der Waals surface area (Å²) in [5.41, 5.74) is 1.43. The van der Waals surface area contributed by atoms with Crippen LogP contribution in [0.25, 0.3) is 11.2 Å². The summed E-state index contributed by atoms with van der Waals surface area (Å²) in [6.07, 6.45) is 0. The van der Waals surface area contributed by atoms with Gasteiger partial charge in [0.2, 0.25) is 11.8 Å². The summed E-state index contributed by atoms with van der Waals surface area (Å²) in [7, 11) is 1.57. The lowest BCUT2D eigenvalue weighted by Gasteiger charge is -2.04. The maximum atomic E-state index is 5.94. The topological polar surface area (TPSA) is 78.9 Å². The zero-order valence-corrected chi connectivity index (χ0v) is 11.8. The molecular formula is C12H12ClN5O2. The van der Waals surface area contributed by atoms with Crippen LogP contribution in [0.4, 0.5) is 0 Å². The molecule has 3 heterocycles. The number of rotatable bonds is 4. The second-order valence-corrected chi connectivity index (χ2v) is 4.44. The van der Waals surface area contributed by atoms with Gasteiger partial charge in [0.15, 0.2) is 11.5 Å². The molecule has 104 valence electrons. The van der Waals surface area contributed by atoms with Gasteiger partial charge in [0.05, 0.1) is 19.5 Å². The van der Waals surface area contributed by atoms with E-state index in [1.807, 2.05) is 10.6 Å². The van der Waals surface area contributed by atoms with E-state index in [9.17, 15) is 0 Å². The molecule has 20 heavy (non-hydrogen) atoms. The molecule has 8 heteroatoms. The van der Waals surface area contributed by atoms with Crippen LogP contribution >= 0.6 is 11.6 Å². The summed E-state index contributed by atoms with van der Waals surface area (Å²) in [5, 5.41) is 3.88. The standard InChI is InChI=1S/C12H12ClN5O2/c1-7-14-9(17-20-7)6-18-10(5-13)15-8-3-4-11(19-2)16-12(8)18/h3-4H,5-6H2,1-2H3. The Morgan fingerprint density at radius 3 is 2.80 bits per heavy atom. The molecule has 3 aromatic rings. The zero-order chi connectivity index (χ0) is 14.1. The van der Waals surface area contributed by atoms with Gasteiger partial charge in [-0.3, -0.25) is 0 Å². The van der Waals surface area contributed by atoms with E-state index in [1.165, 1.54) is 0 Å². The van der Waals surface area contributed by atoms with Gasteiger partial charge in [-0.05, 0) is 6.07 Å². The Morgan fingerprint density at radius 2 is 2.15 bits per heavy atom. The van der Waals surface area contributed by atoms with Crippen molar-refractivity contribution in [3.63, 3.8) is 0 Å². The molecule has 0 N–H and O–H groups in total. The molecule has 0 aliphatic heterocycles. The number of hydrogen-bond donors (Lipinski definition) is 0. The van der Waals surface area contributed by atoms with Crippen LogP contribution in [0, 0.1) is 6.92 Å². The third-order valence-electron chi connectivity index (χ3n) is 2.84. The Labute approximate surface area is 119 Å². The molecule has 0 spiro atoms. The first-order valence-electron chi connectivity index (χ1n) is 5.96. The first-order chi connectivity index (χ1) is 9.71. The van der Waals surface area contributed by atoms with E-state index >= 15 is 0 Å². The Hall–Kier alpha value is -2.15. The largest absolute Gasteiger partial charge is 0.481 e. The highest BCUT2D eigenvalue weighted by Crippen LogP contribution is 2.20. The monoisotopic (exact) mass is 293 g/mol. The molecule has 0 unspecified atom stereocenters. The number of alkyl halides is 1. The van der Waals surface area contributed by atoms with E-state index in [0.717, 1.165) is 5.52 Å². The van der Waals surface area contributed by atoms with E-state index < -0.39 is 0 Å². The van der Waals surface area contributed by atoms with Crippen LogP contribution in [0.5, 0.6) is 5.88 Å². The molecular weight excluding hydrogens is 282 g/mol. The smallest absolute Gasteiger partial charge is 0.223 e. The van der Waals surface area contributed by atoms with Gasteiger partial charge >= 0.3 is 0 Å². The van der Waals surface area contributed by atoms with Gasteiger partial charge in [-0.1, -0.05) is 5.16 Å². The number of fused-ring (bicyclic) bond motifs is 1. The van der Waals surface area contributed by atoms with E-state index in [0.29, 0.717) is 35.6 Å². The molecule has 0 saturated carbocycles. The van der Waals surface area contributed by atoms with Crippen molar-refractivity contribution in [2.24, 2.45) is 0 Å². The summed E-state index contributed by atoms with van der Waals surface area (Å²) in [6.45, 7) is 2.14. The Balaban J connectivity index is 2.10. The molecule has 0 atom stereocenters. The van der Waals surface area contributed by atoms with Crippen molar-refractivity contribution in [1.82, 2.24) is 24.7 Å². The van der Waals surface area contributed by atoms with Crippen molar-refractivity contribution in [3.8, 4) is 5.88 Å². The minimum Gasteiger partial charge on any atom is -0.481 e. The quantitative estimate of drug-likeness (QED) is 0.684. The van der Waals surface area contributed by atoms with Crippen LogP contribution in [-0.2, 0) is 12.4 Å². The van der Waals surface area contributed by atoms with Crippen LogP contribution in [0.15, 0.2) is 16.7 Å². The minimum absolute atomic E-state index is 0.273. The summed E-state index contributed by atoms with van der Waals surface area (Å²) in [4.78, 5) is 13.0. The fraction of sp³-hybridized carbons (Fsp3) is 0.333. The lowest BCUT2D eigenvalue weighted by Crippen LogP contribution is -2.06. The molecule has 3 aromatic heterocycles. The van der Waals surface area contributed by atoms with Crippen molar-refractivity contribution in [3.05, 3.63) is 29.7 Å². The Morgan fingerprint density at radius 1 is 1.30 bits per heavy atom. The molecule has 0 aliphatic carbocycles. The number of aryl methyl sites for hydroxylation is 1. The summed E-state index contributed by atoms with van der Waals surface area (Å²) in [5.74, 6) is 2.56. The van der Waals surface area contributed by atoms with Crippen LogP contribution in [0.3, 0.4) is 0 Å². The van der Waals surface area contributed by atoms with Crippen LogP contribution in [0.1, 0.15) is 17.5 Å². The maximum absolute atomic E-state index is 5.94. The van der Waals surface area contributed by atoms with Gasteiger partial charge in [0.1, 0.15) is 11.3 Å². The molecule has 3 rings (SSSR count). The fourth-order valence-electron chi connectivity index (χ4n) is 1.96. The first-order valence-corrected chi connectivity index (χ1v) is 6.50. The summed E-state index contributed by atoms with van der Waals surface area (Å²) < 4.78 is 12.0. The molecule has 0 aliphatic rings. The van der Waals surface area contributed by atoms with Crippen molar-refractivity contribution >= 4 is 22.8 Å². The van der Waals surface area contributed by atoms with E-state index in [2.05, 4.69) is 20.1 Å². The third kappa shape index (κ3) is 2.20. The molecule has 0 radical (unpaired) electrons. The zero-order valence-electron chi connectivity index (χ0n) is 11.0. The maximum Gasteiger partial charge on any atom is 0.223 e. The number of aromatic nitrogens is 5. The van der Waals surface area contributed by atoms with Gasteiger partial charge in [-0.15, -0.1) is 11.6 Å². The van der Waals surface area contributed by atoms with E-state index in [1.54, 1.807) is 20.1 Å². The molecule has 0 amide bonds. The minimum atomic E-state index is 0.273. The SMILES string of the molecule is COc1ccc2nc(CCl)n(Cc3noc(C)n3)c2n1. The van der Waals surface area contributed by atoms with Crippen molar-refractivity contribution in [2.45, 2.75) is 19.3 Å². The molecule has 0 bridgehead atoms. The second kappa shape index (κ2) is 5.09. The lowest BCUT2D eigenvalue weighted by molar-refractivity contribution is 0.386. The van der Waals surface area contributed by atoms with Gasteiger partial charge in [0, 0.05) is 13.0 Å².